The summed E-state index contributed by atoms with van der Waals surface area (Å²) in [5.74, 6) is 0.976. The fourth-order valence-corrected chi connectivity index (χ4v) is 4.44. The fraction of sp³-hybridized carbons (Fsp3) is 0.929. The summed E-state index contributed by atoms with van der Waals surface area (Å²) < 4.78 is 5.80. The van der Waals surface area contributed by atoms with Gasteiger partial charge >= 0.3 is 0 Å². The van der Waals surface area contributed by atoms with Crippen molar-refractivity contribution >= 4 is 5.91 Å². The van der Waals surface area contributed by atoms with E-state index in [-0.39, 0.29) is 16.7 Å². The highest BCUT2D eigenvalue weighted by Gasteiger charge is 2.74. The van der Waals surface area contributed by atoms with Gasteiger partial charge in [0.25, 0.3) is 0 Å². The van der Waals surface area contributed by atoms with Crippen molar-refractivity contribution in [1.82, 2.24) is 4.90 Å². The number of ether oxygens (including phenoxy) is 1. The van der Waals surface area contributed by atoms with E-state index >= 15 is 0 Å². The Hall–Kier alpha value is -0.570. The van der Waals surface area contributed by atoms with Gasteiger partial charge in [-0.15, -0.1) is 0 Å². The molecule has 0 N–H and O–H groups in total. The van der Waals surface area contributed by atoms with Gasteiger partial charge in [-0.3, -0.25) is 4.79 Å². The predicted octanol–water partition coefficient (Wildman–Crippen LogP) is 2.26. The molecule has 96 valence electrons. The quantitative estimate of drug-likeness (QED) is 0.647. The molecule has 3 unspecified atom stereocenters. The van der Waals surface area contributed by atoms with Crippen LogP contribution in [0.25, 0.3) is 0 Å². The number of amides is 1. The Kier molecular flexibility index (Phi) is 1.84. The lowest BCUT2D eigenvalue weighted by Crippen LogP contribution is -2.62. The molecular formula is C14H23NO2. The van der Waals surface area contributed by atoms with Gasteiger partial charge in [-0.2, -0.15) is 0 Å². The summed E-state index contributed by atoms with van der Waals surface area (Å²) in [6, 6.07) is 0.297. The zero-order chi connectivity index (χ0) is 12.8. The van der Waals surface area contributed by atoms with Gasteiger partial charge in [-0.25, -0.2) is 0 Å². The highest BCUT2D eigenvalue weighted by molar-refractivity contribution is 5.86. The van der Waals surface area contributed by atoms with E-state index in [0.717, 1.165) is 0 Å². The average molecular weight is 237 g/mol. The number of carbonyl (C=O) groups excluding carboxylic acids is 1. The van der Waals surface area contributed by atoms with Crippen molar-refractivity contribution < 1.29 is 9.53 Å². The van der Waals surface area contributed by atoms with Crippen LogP contribution in [-0.2, 0) is 9.53 Å². The number of hydrogen-bond acceptors (Lipinski definition) is 2. The summed E-state index contributed by atoms with van der Waals surface area (Å²) in [5.41, 5.74) is -0.0864. The minimum absolute atomic E-state index is 0.106. The second-order valence-electron chi connectivity index (χ2n) is 7.48. The lowest BCUT2D eigenvalue weighted by Gasteiger charge is -2.62. The molecule has 0 bridgehead atoms. The van der Waals surface area contributed by atoms with Crippen molar-refractivity contribution in [3.8, 4) is 0 Å². The van der Waals surface area contributed by atoms with Gasteiger partial charge in [0, 0.05) is 5.92 Å². The molecule has 2 aliphatic heterocycles. The van der Waals surface area contributed by atoms with Crippen molar-refractivity contribution in [2.45, 2.75) is 53.3 Å². The van der Waals surface area contributed by atoms with Gasteiger partial charge in [0.05, 0.1) is 12.6 Å². The smallest absolute Gasteiger partial charge is 0.229 e. The molecule has 1 saturated carbocycles. The largest absolute Gasteiger partial charge is 0.354 e. The molecule has 3 fully saturated rings. The number of rotatable bonds is 0. The fourth-order valence-electron chi connectivity index (χ4n) is 4.44. The average Bonchev–Trinajstić information content (AvgIpc) is 2.63. The second kappa shape index (κ2) is 2.71. The second-order valence-corrected chi connectivity index (χ2v) is 7.48. The van der Waals surface area contributed by atoms with Crippen LogP contribution in [0, 0.1) is 22.7 Å². The van der Waals surface area contributed by atoms with Gasteiger partial charge in [0.1, 0.15) is 5.72 Å². The maximum absolute atomic E-state index is 12.6. The van der Waals surface area contributed by atoms with Crippen molar-refractivity contribution in [2.75, 3.05) is 6.61 Å². The van der Waals surface area contributed by atoms with Crippen LogP contribution in [0.1, 0.15) is 41.5 Å². The highest BCUT2D eigenvalue weighted by atomic mass is 16.5. The summed E-state index contributed by atoms with van der Waals surface area (Å²) in [6.45, 7) is 13.8. The van der Waals surface area contributed by atoms with Gasteiger partial charge in [0.15, 0.2) is 0 Å². The minimum atomic E-state index is -0.411. The summed E-state index contributed by atoms with van der Waals surface area (Å²) >= 11 is 0. The summed E-state index contributed by atoms with van der Waals surface area (Å²) in [4.78, 5) is 14.6. The van der Waals surface area contributed by atoms with Gasteiger partial charge in [-0.1, -0.05) is 27.7 Å². The maximum Gasteiger partial charge on any atom is 0.229 e. The van der Waals surface area contributed by atoms with E-state index in [2.05, 4.69) is 27.7 Å². The third kappa shape index (κ3) is 1.01. The monoisotopic (exact) mass is 237 g/mol. The van der Waals surface area contributed by atoms with E-state index in [0.29, 0.717) is 24.5 Å². The van der Waals surface area contributed by atoms with Crippen LogP contribution in [0.4, 0.5) is 0 Å². The molecule has 0 radical (unpaired) electrons. The van der Waals surface area contributed by atoms with Gasteiger partial charge in [0.2, 0.25) is 5.91 Å². The molecule has 3 aliphatic rings. The molecule has 2 heterocycles. The Bertz CT molecular complexity index is 397. The number of fused-ring (bicyclic) bond motifs is 3. The first kappa shape index (κ1) is 11.5. The maximum atomic E-state index is 12.6. The molecule has 3 heteroatoms. The first-order valence-corrected chi connectivity index (χ1v) is 6.59. The molecule has 0 aromatic rings. The van der Waals surface area contributed by atoms with Crippen molar-refractivity contribution in [3.05, 3.63) is 0 Å². The number of carbonyl (C=O) groups is 1. The molecule has 0 aromatic heterocycles. The third-order valence-electron chi connectivity index (χ3n) is 6.07. The van der Waals surface area contributed by atoms with E-state index in [1.54, 1.807) is 0 Å². The molecule has 0 spiro atoms. The molecule has 2 saturated heterocycles. The first-order valence-electron chi connectivity index (χ1n) is 6.59. The first-order chi connectivity index (χ1) is 7.62. The molecule has 17 heavy (non-hydrogen) atoms. The van der Waals surface area contributed by atoms with E-state index in [1.165, 1.54) is 0 Å². The molecule has 3 rings (SSSR count). The van der Waals surface area contributed by atoms with Crippen LogP contribution in [0.3, 0.4) is 0 Å². The van der Waals surface area contributed by atoms with Crippen molar-refractivity contribution in [2.24, 2.45) is 22.7 Å². The van der Waals surface area contributed by atoms with Crippen LogP contribution in [0.15, 0.2) is 0 Å². The Balaban J connectivity index is 2.04. The molecule has 3 nitrogen and oxygen atoms in total. The summed E-state index contributed by atoms with van der Waals surface area (Å²) in [7, 11) is 0. The van der Waals surface area contributed by atoms with Crippen LogP contribution >= 0.6 is 0 Å². The minimum Gasteiger partial charge on any atom is -0.354 e. The Morgan fingerprint density at radius 3 is 2.29 bits per heavy atom. The third-order valence-corrected chi connectivity index (χ3v) is 6.07. The Labute approximate surface area is 104 Å². The summed E-state index contributed by atoms with van der Waals surface area (Å²) in [5, 5.41) is 0. The van der Waals surface area contributed by atoms with Crippen LogP contribution in [-0.4, -0.2) is 29.2 Å². The van der Waals surface area contributed by atoms with Crippen molar-refractivity contribution in [3.63, 3.8) is 0 Å². The van der Waals surface area contributed by atoms with Crippen LogP contribution in [0.5, 0.6) is 0 Å². The van der Waals surface area contributed by atoms with Crippen molar-refractivity contribution in [1.29, 1.82) is 0 Å². The number of hydrogen-bond donors (Lipinski definition) is 0. The normalized spacial score (nSPS) is 44.2. The standard InChI is InChI=1S/C14H23NO2/c1-12(2)9-8-7-17-14(5,6)15(8)11(16)10(9)13(12,3)4/h8-10H,7H2,1-6H3. The van der Waals surface area contributed by atoms with E-state index in [1.807, 2.05) is 18.7 Å². The number of nitrogens with zero attached hydrogens (tertiary/aromatic N) is 1. The Morgan fingerprint density at radius 2 is 1.71 bits per heavy atom. The lowest BCUT2D eigenvalue weighted by molar-refractivity contribution is -0.176. The van der Waals surface area contributed by atoms with E-state index in [4.69, 9.17) is 4.74 Å². The van der Waals surface area contributed by atoms with Gasteiger partial charge < -0.3 is 9.64 Å². The van der Waals surface area contributed by atoms with Gasteiger partial charge in [-0.05, 0) is 30.6 Å². The molecule has 1 amide bonds. The topological polar surface area (TPSA) is 29.5 Å². The summed E-state index contributed by atoms with van der Waals surface area (Å²) in [6.07, 6.45) is 0. The molecule has 0 aromatic carbocycles. The lowest BCUT2D eigenvalue weighted by atomic mass is 9.40. The predicted molar refractivity (Wildman–Crippen MR) is 65.2 cm³/mol. The van der Waals surface area contributed by atoms with E-state index in [9.17, 15) is 4.79 Å². The Morgan fingerprint density at radius 1 is 1.12 bits per heavy atom. The SMILES string of the molecule is CC1(C)OCC2C3C(C(=O)N21)C(C)(C)C3(C)C. The zero-order valence-corrected chi connectivity index (χ0v) is 11.7. The zero-order valence-electron chi connectivity index (χ0n) is 11.7. The van der Waals surface area contributed by atoms with E-state index < -0.39 is 5.72 Å². The van der Waals surface area contributed by atoms with Crippen LogP contribution < -0.4 is 0 Å². The molecule has 3 atom stereocenters. The molecule has 1 aliphatic carbocycles. The van der Waals surface area contributed by atoms with Crippen LogP contribution in [0.2, 0.25) is 0 Å². The molecular weight excluding hydrogens is 214 g/mol. The highest BCUT2D eigenvalue weighted by Crippen LogP contribution is 2.70.